The van der Waals surface area contributed by atoms with Crippen LogP contribution in [0.1, 0.15) is 123 Å². The van der Waals surface area contributed by atoms with Crippen LogP contribution in [0.25, 0.3) is 0 Å². The molecule has 0 radical (unpaired) electrons. The molecule has 0 saturated heterocycles. The zero-order valence-electron chi connectivity index (χ0n) is 41.4. The number of halogens is 3. The molecule has 402 valence electrons. The van der Waals surface area contributed by atoms with E-state index in [1.54, 1.807) is 65.8 Å². The Morgan fingerprint density at radius 1 is 0.681 bits per heavy atom. The number of carbonyl (C=O) groups excluding carboxylic acids is 8. The number of alkyl halides is 3. The Hall–Kier alpha value is -6.62. The largest absolute Gasteiger partial charge is 0.481 e. The summed E-state index contributed by atoms with van der Waals surface area (Å²) in [6, 6.07) is -1.27. The number of aliphatic carboxylic acids is 3. The van der Waals surface area contributed by atoms with Crippen molar-refractivity contribution >= 4 is 65.0 Å². The third kappa shape index (κ3) is 21.8. The highest BCUT2D eigenvalue weighted by molar-refractivity contribution is 6.36. The lowest BCUT2D eigenvalue weighted by Crippen LogP contribution is -2.62. The van der Waals surface area contributed by atoms with E-state index < -0.39 is 170 Å². The summed E-state index contributed by atoms with van der Waals surface area (Å²) in [5, 5.41) is 42.6. The molecule has 1 fully saturated rings. The zero-order chi connectivity index (χ0) is 54.7. The van der Waals surface area contributed by atoms with E-state index in [-0.39, 0.29) is 18.8 Å². The van der Waals surface area contributed by atoms with Gasteiger partial charge in [-0.1, -0.05) is 91.0 Å². The highest BCUT2D eigenvalue weighted by Gasteiger charge is 2.45. The van der Waals surface area contributed by atoms with Crippen molar-refractivity contribution in [2.75, 3.05) is 6.54 Å². The number of amides is 7. The van der Waals surface area contributed by atoms with Crippen LogP contribution >= 0.6 is 0 Å². The first-order chi connectivity index (χ1) is 33.4. The molecule has 0 heterocycles. The lowest BCUT2D eigenvalue weighted by atomic mass is 9.71. The highest BCUT2D eigenvalue weighted by atomic mass is 19.4. The van der Waals surface area contributed by atoms with Gasteiger partial charge in [0.1, 0.15) is 30.2 Å². The molecule has 1 saturated carbocycles. The molecule has 7 amide bonds. The molecule has 11 N–H and O–H groups in total. The van der Waals surface area contributed by atoms with Crippen LogP contribution in [0.4, 0.5) is 13.2 Å². The SMILES string of the molecule is Cc1ccccc1C[C@H](NC(=O)[C@H](CCC(=O)O)NC(=O)[C@H](CC(=O)O)NC(=O)CCC(=O)O)C(=O)N[C@H](C(=O)N[C@@H](CC(C)C)C(=O)NC[C@@H](C1CCCCC1)[C@H](CC(F)(F)F)C(=O)C(N)=O)C(C)(C)C. The molecule has 0 bridgehead atoms. The van der Waals surface area contributed by atoms with E-state index in [9.17, 15) is 76.1 Å². The summed E-state index contributed by atoms with van der Waals surface area (Å²) in [7, 11) is 0. The summed E-state index contributed by atoms with van der Waals surface area (Å²) in [4.78, 5) is 142. The van der Waals surface area contributed by atoms with Gasteiger partial charge >= 0.3 is 24.1 Å². The molecule has 2 rings (SSSR count). The second-order valence-corrected chi connectivity index (χ2v) is 19.8. The minimum Gasteiger partial charge on any atom is -0.481 e. The van der Waals surface area contributed by atoms with Crippen molar-refractivity contribution in [3.05, 3.63) is 35.4 Å². The van der Waals surface area contributed by atoms with Crippen LogP contribution in [-0.4, -0.2) is 123 Å². The predicted molar refractivity (Wildman–Crippen MR) is 251 cm³/mol. The molecule has 0 spiro atoms. The summed E-state index contributed by atoms with van der Waals surface area (Å²) in [5.41, 5.74) is 5.27. The van der Waals surface area contributed by atoms with Crippen LogP contribution in [0.3, 0.4) is 0 Å². The zero-order valence-corrected chi connectivity index (χ0v) is 41.4. The van der Waals surface area contributed by atoms with Crippen LogP contribution in [0.2, 0.25) is 0 Å². The first kappa shape index (κ1) is 61.5. The predicted octanol–water partition coefficient (Wildman–Crippen LogP) is 2.19. The first-order valence-electron chi connectivity index (χ1n) is 23.8. The van der Waals surface area contributed by atoms with Crippen molar-refractivity contribution in [1.29, 1.82) is 0 Å². The number of nitrogens with one attached hydrogen (secondary N) is 6. The minimum absolute atomic E-state index is 0.00255. The Bertz CT molecular complexity index is 2120. The van der Waals surface area contributed by atoms with Gasteiger partial charge in [0.05, 0.1) is 19.3 Å². The summed E-state index contributed by atoms with van der Waals surface area (Å²) >= 11 is 0. The monoisotopic (exact) mass is 1030 g/mol. The number of Topliss-reactive ketones (excluding diaryl/α,β-unsaturated/α-hetero) is 1. The van der Waals surface area contributed by atoms with E-state index in [4.69, 9.17) is 10.8 Å². The number of hydrogen-bond acceptors (Lipinski definition) is 11. The molecule has 0 aromatic heterocycles. The van der Waals surface area contributed by atoms with Crippen molar-refractivity contribution in [2.24, 2.45) is 34.8 Å². The van der Waals surface area contributed by atoms with E-state index in [2.05, 4.69) is 31.9 Å². The standard InChI is InChI=1S/C48H70F3N7O14/c1-25(2)20-32(42(68)53-24-30(27-13-8-7-9-14-27)29(23-48(49,50)51)39(66)41(52)67)57-46(72)40(47(4,5)6)58-45(71)33(21-28-15-11-10-12-26(28)3)56-43(69)31(16-18-36(60)61)55-44(70)34(22-38(64)65)54-35(59)17-19-37(62)63/h10-12,15,25,27,29-34,40H,7-9,13-14,16-24H2,1-6H3,(H2,52,67)(H,53,68)(H,54,59)(H,55,70)(H,56,69)(H,57,72)(H,58,71)(H,60,61)(H,62,63)(H,64,65)/t29-,30-,31-,32-,33-,34-,40+/m0/s1. The number of carboxylic acids is 3. The smallest absolute Gasteiger partial charge is 0.389 e. The molecule has 0 unspecified atom stereocenters. The summed E-state index contributed by atoms with van der Waals surface area (Å²) in [6.07, 6.45) is -7.39. The van der Waals surface area contributed by atoms with Crippen molar-refractivity contribution in [2.45, 2.75) is 161 Å². The molecule has 21 nitrogen and oxygen atoms in total. The average Bonchev–Trinajstić information content (AvgIpc) is 3.27. The molecule has 0 aliphatic heterocycles. The topological polar surface area (TPSA) is 347 Å². The Morgan fingerprint density at radius 2 is 1.24 bits per heavy atom. The van der Waals surface area contributed by atoms with Crippen LogP contribution in [0.5, 0.6) is 0 Å². The molecule has 1 aromatic rings. The van der Waals surface area contributed by atoms with Crippen LogP contribution in [0.15, 0.2) is 24.3 Å². The van der Waals surface area contributed by atoms with E-state index in [0.29, 0.717) is 36.8 Å². The van der Waals surface area contributed by atoms with Gasteiger partial charge in [0.2, 0.25) is 41.2 Å². The fourth-order valence-corrected chi connectivity index (χ4v) is 8.51. The summed E-state index contributed by atoms with van der Waals surface area (Å²) in [5.74, 6) is -17.1. The summed E-state index contributed by atoms with van der Waals surface area (Å²) < 4.78 is 41.6. The maximum atomic E-state index is 14.5. The quantitative estimate of drug-likeness (QED) is 0.0515. The van der Waals surface area contributed by atoms with Gasteiger partial charge in [0, 0.05) is 31.7 Å². The molecule has 7 atom stereocenters. The van der Waals surface area contributed by atoms with Gasteiger partial charge in [-0.05, 0) is 54.1 Å². The Labute approximate surface area is 415 Å². The van der Waals surface area contributed by atoms with Gasteiger partial charge < -0.3 is 53.0 Å². The first-order valence-corrected chi connectivity index (χ1v) is 23.8. The fourth-order valence-electron chi connectivity index (χ4n) is 8.51. The number of carboxylic acid groups (broad SMARTS) is 3. The molecule has 72 heavy (non-hydrogen) atoms. The number of hydrogen-bond donors (Lipinski definition) is 10. The molecular formula is C48H70F3N7O14. The van der Waals surface area contributed by atoms with Crippen molar-refractivity contribution in [3.8, 4) is 0 Å². The van der Waals surface area contributed by atoms with E-state index in [1.165, 1.54) is 0 Å². The molecule has 1 aliphatic carbocycles. The van der Waals surface area contributed by atoms with Gasteiger partial charge in [-0.15, -0.1) is 0 Å². The van der Waals surface area contributed by atoms with Crippen molar-refractivity contribution in [3.63, 3.8) is 0 Å². The van der Waals surface area contributed by atoms with Crippen LogP contribution in [-0.2, 0) is 59.2 Å². The van der Waals surface area contributed by atoms with Crippen molar-refractivity contribution in [1.82, 2.24) is 31.9 Å². The fraction of sp³-hybridized carbons (Fsp3) is 0.646. The lowest BCUT2D eigenvalue weighted by molar-refractivity contribution is -0.161. The second-order valence-electron chi connectivity index (χ2n) is 19.8. The normalized spacial score (nSPS) is 16.0. The van der Waals surface area contributed by atoms with E-state index in [0.717, 1.165) is 6.42 Å². The van der Waals surface area contributed by atoms with Crippen molar-refractivity contribution < 1.29 is 81.2 Å². The lowest BCUT2D eigenvalue weighted by Gasteiger charge is -2.36. The molecule has 1 aromatic carbocycles. The minimum atomic E-state index is -4.85. The Morgan fingerprint density at radius 3 is 1.76 bits per heavy atom. The maximum Gasteiger partial charge on any atom is 0.389 e. The molecule has 1 aliphatic rings. The number of aryl methyl sites for hydroxylation is 1. The number of ketones is 1. The Balaban J connectivity index is 2.51. The summed E-state index contributed by atoms with van der Waals surface area (Å²) in [6.45, 7) is 9.48. The van der Waals surface area contributed by atoms with Gasteiger partial charge in [-0.25, -0.2) is 0 Å². The van der Waals surface area contributed by atoms with Crippen LogP contribution < -0.4 is 37.6 Å². The second kappa shape index (κ2) is 28.4. The number of primary amides is 1. The third-order valence-corrected chi connectivity index (χ3v) is 12.3. The number of nitrogens with two attached hydrogens (primary N) is 1. The van der Waals surface area contributed by atoms with Crippen LogP contribution in [0, 0.1) is 36.0 Å². The maximum absolute atomic E-state index is 14.5. The number of benzene rings is 1. The van der Waals surface area contributed by atoms with Gasteiger partial charge in [0.15, 0.2) is 0 Å². The molecular weight excluding hydrogens is 956 g/mol. The van der Waals surface area contributed by atoms with E-state index >= 15 is 0 Å². The average molecular weight is 1030 g/mol. The third-order valence-electron chi connectivity index (χ3n) is 12.3. The van der Waals surface area contributed by atoms with E-state index in [1.807, 2.05) is 0 Å². The van der Waals surface area contributed by atoms with Gasteiger partial charge in [-0.2, -0.15) is 13.2 Å². The Kier molecular flexibility index (Phi) is 24.3. The van der Waals surface area contributed by atoms with Gasteiger partial charge in [0.25, 0.3) is 5.91 Å². The molecule has 24 heteroatoms. The number of carbonyl (C=O) groups is 11. The highest BCUT2D eigenvalue weighted by Crippen LogP contribution is 2.39. The number of rotatable bonds is 29. The van der Waals surface area contributed by atoms with Gasteiger partial charge in [-0.3, -0.25) is 52.7 Å².